The van der Waals surface area contributed by atoms with Gasteiger partial charge in [-0.05, 0) is 63.1 Å². The first-order chi connectivity index (χ1) is 16.3. The van der Waals surface area contributed by atoms with Crippen molar-refractivity contribution in [3.05, 3.63) is 48.2 Å². The lowest BCUT2D eigenvalue weighted by molar-refractivity contribution is -0.120. The number of hydrogen-bond acceptors (Lipinski definition) is 7. The lowest BCUT2D eigenvalue weighted by Crippen LogP contribution is -2.45. The summed E-state index contributed by atoms with van der Waals surface area (Å²) in [5, 5.41) is 11.8. The van der Waals surface area contributed by atoms with E-state index in [2.05, 4.69) is 15.2 Å². The predicted octanol–water partition coefficient (Wildman–Crippen LogP) is 2.61. The Morgan fingerprint density at radius 1 is 1.09 bits per heavy atom. The largest absolute Gasteiger partial charge is 0.372 e. The molecule has 1 amide bonds. The molecule has 4 rings (SSSR count). The van der Waals surface area contributed by atoms with Gasteiger partial charge in [0.2, 0.25) is 15.9 Å². The molecule has 9 nitrogen and oxygen atoms in total. The number of piperidine rings is 1. The van der Waals surface area contributed by atoms with Crippen molar-refractivity contribution in [2.75, 3.05) is 36.4 Å². The van der Waals surface area contributed by atoms with Crippen LogP contribution in [0.5, 0.6) is 0 Å². The average Bonchev–Trinajstić information content (AvgIpc) is 2.84. The molecule has 2 unspecified atom stereocenters. The summed E-state index contributed by atoms with van der Waals surface area (Å²) in [4.78, 5) is 19.6. The van der Waals surface area contributed by atoms with Crippen LogP contribution >= 0.6 is 0 Å². The van der Waals surface area contributed by atoms with Crippen molar-refractivity contribution in [1.29, 1.82) is 5.26 Å². The third-order valence-corrected chi connectivity index (χ3v) is 8.12. The fraction of sp³-hybridized carbons (Fsp3) is 0.458. The second-order valence-corrected chi connectivity index (χ2v) is 10.8. The number of amides is 1. The van der Waals surface area contributed by atoms with Crippen LogP contribution in [0.2, 0.25) is 0 Å². The average molecular weight is 484 g/mol. The number of rotatable bonds is 5. The van der Waals surface area contributed by atoms with Gasteiger partial charge in [0, 0.05) is 32.1 Å². The van der Waals surface area contributed by atoms with Crippen molar-refractivity contribution in [3.63, 3.8) is 0 Å². The summed E-state index contributed by atoms with van der Waals surface area (Å²) in [5.41, 5.74) is 1.03. The lowest BCUT2D eigenvalue weighted by atomic mass is 9.97. The number of nitrogens with one attached hydrogen (secondary N) is 1. The van der Waals surface area contributed by atoms with Crippen LogP contribution in [0.15, 0.2) is 47.5 Å². The minimum absolute atomic E-state index is 0.126. The van der Waals surface area contributed by atoms with Crippen LogP contribution in [0.4, 0.5) is 11.5 Å². The van der Waals surface area contributed by atoms with Gasteiger partial charge in [-0.2, -0.15) is 9.57 Å². The van der Waals surface area contributed by atoms with Crippen LogP contribution in [0.25, 0.3) is 0 Å². The van der Waals surface area contributed by atoms with Crippen LogP contribution in [0.1, 0.15) is 32.3 Å². The summed E-state index contributed by atoms with van der Waals surface area (Å²) < 4.78 is 32.9. The van der Waals surface area contributed by atoms with Gasteiger partial charge in [-0.25, -0.2) is 13.4 Å². The van der Waals surface area contributed by atoms with E-state index in [0.29, 0.717) is 24.1 Å². The van der Waals surface area contributed by atoms with E-state index in [-0.39, 0.29) is 42.0 Å². The lowest BCUT2D eigenvalue weighted by Gasteiger charge is -2.36. The van der Waals surface area contributed by atoms with Crippen LogP contribution < -0.4 is 10.2 Å². The monoisotopic (exact) mass is 483 g/mol. The smallest absolute Gasteiger partial charge is 0.243 e. The van der Waals surface area contributed by atoms with Gasteiger partial charge in [0.25, 0.3) is 0 Å². The Bertz CT molecular complexity index is 1140. The molecule has 0 spiro atoms. The van der Waals surface area contributed by atoms with E-state index in [4.69, 9.17) is 10.00 Å². The minimum Gasteiger partial charge on any atom is -0.372 e. The maximum absolute atomic E-state index is 12.9. The van der Waals surface area contributed by atoms with Gasteiger partial charge in [0.1, 0.15) is 5.82 Å². The first-order valence-electron chi connectivity index (χ1n) is 11.4. The van der Waals surface area contributed by atoms with Crippen molar-refractivity contribution >= 4 is 27.4 Å². The third-order valence-electron chi connectivity index (χ3n) is 6.20. The van der Waals surface area contributed by atoms with Crippen molar-refractivity contribution in [2.45, 2.75) is 43.8 Å². The number of aromatic nitrogens is 1. The highest BCUT2D eigenvalue weighted by Crippen LogP contribution is 2.26. The van der Waals surface area contributed by atoms with Crippen molar-refractivity contribution < 1.29 is 17.9 Å². The van der Waals surface area contributed by atoms with E-state index in [0.717, 1.165) is 18.9 Å². The van der Waals surface area contributed by atoms with Crippen LogP contribution in [0, 0.1) is 17.2 Å². The molecule has 2 aliphatic heterocycles. The summed E-state index contributed by atoms with van der Waals surface area (Å²) >= 11 is 0. The normalized spacial score (nSPS) is 22.2. The van der Waals surface area contributed by atoms with Crippen molar-refractivity contribution in [1.82, 2.24) is 9.29 Å². The van der Waals surface area contributed by atoms with Gasteiger partial charge < -0.3 is 15.0 Å². The van der Waals surface area contributed by atoms with Gasteiger partial charge in [0.05, 0.1) is 40.6 Å². The zero-order valence-electron chi connectivity index (χ0n) is 19.3. The van der Waals surface area contributed by atoms with E-state index in [1.807, 2.05) is 32.0 Å². The summed E-state index contributed by atoms with van der Waals surface area (Å²) in [6.07, 6.45) is 2.81. The number of nitriles is 1. The Hall–Kier alpha value is -3.00. The quantitative estimate of drug-likeness (QED) is 0.695. The number of carbonyl (C=O) groups is 1. The van der Waals surface area contributed by atoms with E-state index in [1.54, 1.807) is 6.20 Å². The van der Waals surface area contributed by atoms with Gasteiger partial charge in [-0.3, -0.25) is 4.79 Å². The third kappa shape index (κ3) is 5.38. The van der Waals surface area contributed by atoms with Crippen LogP contribution in [-0.4, -0.2) is 62.0 Å². The van der Waals surface area contributed by atoms with Crippen LogP contribution in [-0.2, 0) is 19.6 Å². The first-order valence-corrected chi connectivity index (χ1v) is 12.9. The molecule has 0 saturated carbocycles. The van der Waals surface area contributed by atoms with Gasteiger partial charge in [-0.15, -0.1) is 0 Å². The number of morpholine rings is 1. The molecule has 1 aromatic heterocycles. The fourth-order valence-corrected chi connectivity index (χ4v) is 5.93. The highest BCUT2D eigenvalue weighted by atomic mass is 32.2. The minimum atomic E-state index is -3.65. The summed E-state index contributed by atoms with van der Waals surface area (Å²) in [7, 11) is -3.65. The second kappa shape index (κ2) is 10.1. The molecule has 1 aromatic carbocycles. The molecule has 10 heteroatoms. The molecule has 34 heavy (non-hydrogen) atoms. The highest BCUT2D eigenvalue weighted by molar-refractivity contribution is 7.89. The zero-order valence-corrected chi connectivity index (χ0v) is 20.2. The van der Waals surface area contributed by atoms with Gasteiger partial charge in [-0.1, -0.05) is 0 Å². The molecule has 0 radical (unpaired) electrons. The molecule has 3 heterocycles. The second-order valence-electron chi connectivity index (χ2n) is 8.87. The number of nitrogens with zero attached hydrogens (tertiary/aromatic N) is 4. The molecule has 2 atom stereocenters. The van der Waals surface area contributed by atoms with E-state index in [1.165, 1.54) is 28.6 Å². The molecule has 2 aliphatic rings. The molecular weight excluding hydrogens is 454 g/mol. The van der Waals surface area contributed by atoms with E-state index in [9.17, 15) is 13.2 Å². The number of ether oxygens (including phenoxy) is 1. The Morgan fingerprint density at radius 2 is 1.74 bits per heavy atom. The Kier molecular flexibility index (Phi) is 7.16. The Morgan fingerprint density at radius 3 is 2.29 bits per heavy atom. The van der Waals surface area contributed by atoms with Crippen molar-refractivity contribution in [2.24, 2.45) is 5.92 Å². The maximum Gasteiger partial charge on any atom is 0.243 e. The van der Waals surface area contributed by atoms with Gasteiger partial charge in [0.15, 0.2) is 0 Å². The molecular formula is C24H29N5O4S. The number of benzene rings is 1. The number of pyridine rings is 1. The highest BCUT2D eigenvalue weighted by Gasteiger charge is 2.32. The van der Waals surface area contributed by atoms with Crippen LogP contribution in [0.3, 0.4) is 0 Å². The number of anilines is 2. The fourth-order valence-electron chi connectivity index (χ4n) is 4.47. The van der Waals surface area contributed by atoms with E-state index < -0.39 is 10.0 Å². The van der Waals surface area contributed by atoms with E-state index >= 15 is 0 Å². The number of sulfonamides is 1. The topological polar surface area (TPSA) is 116 Å². The van der Waals surface area contributed by atoms with Crippen molar-refractivity contribution in [3.8, 4) is 6.07 Å². The zero-order chi connectivity index (χ0) is 24.3. The number of carbonyl (C=O) groups excluding carboxylic acids is 1. The molecule has 0 bridgehead atoms. The SMILES string of the molecule is CC1CN(c2ccc(NC(=O)C3CCN(S(=O)(=O)c4ccc(C#N)cc4)CC3)cn2)CC(C)O1. The molecule has 1 N–H and O–H groups in total. The maximum atomic E-state index is 12.9. The molecule has 2 fully saturated rings. The summed E-state index contributed by atoms with van der Waals surface area (Å²) in [5.74, 6) is 0.452. The number of hydrogen-bond donors (Lipinski definition) is 1. The summed E-state index contributed by atoms with van der Waals surface area (Å²) in [6, 6.07) is 11.6. The van der Waals surface area contributed by atoms with Gasteiger partial charge >= 0.3 is 0 Å². The molecule has 180 valence electrons. The standard InChI is InChI=1S/C24H29N5O4S/c1-17-15-28(16-18(2)33-17)23-8-5-21(14-26-23)27-24(30)20-9-11-29(12-10-20)34(31,32)22-6-3-19(13-25)4-7-22/h3-8,14,17-18,20H,9-12,15-16H2,1-2H3,(H,27,30). The molecule has 2 saturated heterocycles. The Labute approximate surface area is 200 Å². The first kappa shape index (κ1) is 24.1. The molecule has 2 aromatic rings. The molecule has 0 aliphatic carbocycles. The Balaban J connectivity index is 1.31. The predicted molar refractivity (Wildman–Crippen MR) is 128 cm³/mol. The summed E-state index contributed by atoms with van der Waals surface area (Å²) in [6.45, 7) is 6.16.